The minimum atomic E-state index is -0.941. The molecule has 26 heavy (non-hydrogen) atoms. The van der Waals surface area contributed by atoms with Crippen molar-refractivity contribution in [3.8, 4) is 0 Å². The third-order valence-electron chi connectivity index (χ3n) is 3.78. The lowest BCUT2D eigenvalue weighted by atomic mass is 10.1. The van der Waals surface area contributed by atoms with Gasteiger partial charge in [-0.1, -0.05) is 17.3 Å². The van der Waals surface area contributed by atoms with E-state index in [1.165, 1.54) is 30.4 Å². The Morgan fingerprint density at radius 3 is 2.58 bits per heavy atom. The van der Waals surface area contributed by atoms with Crippen molar-refractivity contribution < 1.29 is 18.8 Å². The number of hydrogen-bond acceptors (Lipinski definition) is 7. The highest BCUT2D eigenvalue weighted by molar-refractivity contribution is 8.16. The molecule has 1 N–H and O–H groups in total. The van der Waals surface area contributed by atoms with Gasteiger partial charge in [0.05, 0.1) is 10.1 Å². The molecule has 2 heterocycles. The Balaban J connectivity index is 1.55. The fourth-order valence-electron chi connectivity index (χ4n) is 2.39. The monoisotopic (exact) mass is 392 g/mol. The first-order valence-electron chi connectivity index (χ1n) is 8.31. The maximum Gasteiger partial charge on any atom is 0.338 e. The second kappa shape index (κ2) is 8.64. The number of carbonyl (C=O) groups is 2. The van der Waals surface area contributed by atoms with Gasteiger partial charge in [0.1, 0.15) is 5.76 Å². The van der Waals surface area contributed by atoms with Crippen LogP contribution in [0.1, 0.15) is 39.6 Å². The number of carbonyl (C=O) groups excluding carboxylic acids is 2. The lowest BCUT2D eigenvalue weighted by Crippen LogP contribution is -2.30. The number of aryl methyl sites for hydroxylation is 1. The summed E-state index contributed by atoms with van der Waals surface area (Å²) in [4.78, 5) is 24.3. The molecule has 138 valence electrons. The summed E-state index contributed by atoms with van der Waals surface area (Å²) in [6.07, 6.45) is 0.299. The van der Waals surface area contributed by atoms with E-state index in [1.807, 2.05) is 35.7 Å². The van der Waals surface area contributed by atoms with Gasteiger partial charge in [0, 0.05) is 6.07 Å². The van der Waals surface area contributed by atoms with Crippen LogP contribution in [0, 0.1) is 6.92 Å². The molecular formula is C18H20N2O4S2. The van der Waals surface area contributed by atoms with Crippen LogP contribution in [-0.2, 0) is 9.53 Å². The minimum Gasteiger partial charge on any atom is -0.449 e. The van der Waals surface area contributed by atoms with E-state index in [0.717, 1.165) is 0 Å². The second-order valence-corrected chi connectivity index (χ2v) is 8.63. The molecule has 0 spiro atoms. The average molecular weight is 393 g/mol. The van der Waals surface area contributed by atoms with E-state index in [1.54, 1.807) is 25.1 Å². The number of nitrogens with zero attached hydrogens (tertiary/aromatic N) is 1. The second-order valence-electron chi connectivity index (χ2n) is 5.91. The number of aromatic nitrogens is 1. The van der Waals surface area contributed by atoms with Gasteiger partial charge < -0.3 is 14.6 Å². The van der Waals surface area contributed by atoms with Crippen LogP contribution in [0.2, 0.25) is 0 Å². The summed E-state index contributed by atoms with van der Waals surface area (Å²) in [5.41, 5.74) is 1.62. The fraction of sp³-hybridized carbons (Fsp3) is 0.389. The first kappa shape index (κ1) is 18.8. The van der Waals surface area contributed by atoms with E-state index >= 15 is 0 Å². The highest BCUT2D eigenvalue weighted by atomic mass is 32.2. The van der Waals surface area contributed by atoms with E-state index in [4.69, 9.17) is 9.26 Å². The Hall–Kier alpha value is -1.93. The van der Waals surface area contributed by atoms with Crippen molar-refractivity contribution in [1.29, 1.82) is 0 Å². The summed E-state index contributed by atoms with van der Waals surface area (Å²) < 4.78 is 10.5. The zero-order valence-corrected chi connectivity index (χ0v) is 16.2. The normalized spacial score (nSPS) is 16.1. The molecule has 1 aromatic carbocycles. The van der Waals surface area contributed by atoms with Gasteiger partial charge in [0.2, 0.25) is 0 Å². The molecule has 2 aromatic rings. The van der Waals surface area contributed by atoms with Crippen LogP contribution in [0.5, 0.6) is 0 Å². The molecular weight excluding hydrogens is 372 g/mol. The van der Waals surface area contributed by atoms with Crippen LogP contribution < -0.4 is 5.32 Å². The molecule has 1 aromatic heterocycles. The lowest BCUT2D eigenvalue weighted by molar-refractivity contribution is -0.123. The Morgan fingerprint density at radius 2 is 1.96 bits per heavy atom. The van der Waals surface area contributed by atoms with Gasteiger partial charge in [-0.15, -0.1) is 23.5 Å². The van der Waals surface area contributed by atoms with Crippen molar-refractivity contribution in [2.75, 3.05) is 16.8 Å². The summed E-state index contributed by atoms with van der Waals surface area (Å²) >= 11 is 3.86. The molecule has 0 saturated carbocycles. The molecule has 1 aliphatic rings. The van der Waals surface area contributed by atoms with Crippen molar-refractivity contribution in [3.63, 3.8) is 0 Å². The Morgan fingerprint density at radius 1 is 1.27 bits per heavy atom. The lowest BCUT2D eigenvalue weighted by Gasteiger charge is -2.21. The molecule has 1 fully saturated rings. The fourth-order valence-corrected chi connectivity index (χ4v) is 5.29. The summed E-state index contributed by atoms with van der Waals surface area (Å²) in [5.74, 6) is 2.22. The summed E-state index contributed by atoms with van der Waals surface area (Å²) in [6.45, 7) is 3.24. The smallest absolute Gasteiger partial charge is 0.338 e. The van der Waals surface area contributed by atoms with Crippen molar-refractivity contribution in [2.45, 2.75) is 31.0 Å². The van der Waals surface area contributed by atoms with Crippen molar-refractivity contribution in [2.24, 2.45) is 0 Å². The molecule has 1 aliphatic heterocycles. The van der Waals surface area contributed by atoms with E-state index in [-0.39, 0.29) is 0 Å². The van der Waals surface area contributed by atoms with Gasteiger partial charge in [0.25, 0.3) is 5.91 Å². The molecule has 1 unspecified atom stereocenters. The van der Waals surface area contributed by atoms with E-state index in [0.29, 0.717) is 21.7 Å². The third kappa shape index (κ3) is 4.82. The Kier molecular flexibility index (Phi) is 6.26. The minimum absolute atomic E-state index is 0.294. The SMILES string of the molecule is Cc1cc(NC(=O)C(C)OC(=O)c2ccc(C3SCCCS3)cc2)no1. The number of rotatable bonds is 5. The first-order valence-corrected chi connectivity index (χ1v) is 10.4. The largest absolute Gasteiger partial charge is 0.449 e. The molecule has 0 aliphatic carbocycles. The highest BCUT2D eigenvalue weighted by Crippen LogP contribution is 2.43. The number of anilines is 1. The number of hydrogen-bond donors (Lipinski definition) is 1. The van der Waals surface area contributed by atoms with Crippen LogP contribution in [0.25, 0.3) is 0 Å². The molecule has 8 heteroatoms. The van der Waals surface area contributed by atoms with Crippen molar-refractivity contribution in [1.82, 2.24) is 5.16 Å². The zero-order chi connectivity index (χ0) is 18.5. The summed E-state index contributed by atoms with van der Waals surface area (Å²) in [7, 11) is 0. The topological polar surface area (TPSA) is 81.4 Å². The predicted molar refractivity (Wildman–Crippen MR) is 103 cm³/mol. The van der Waals surface area contributed by atoms with Gasteiger partial charge in [-0.05, 0) is 49.5 Å². The molecule has 0 radical (unpaired) electrons. The van der Waals surface area contributed by atoms with Crippen molar-refractivity contribution >= 4 is 41.2 Å². The summed E-state index contributed by atoms with van der Waals surface area (Å²) in [6, 6.07) is 9.00. The van der Waals surface area contributed by atoms with E-state index in [2.05, 4.69) is 10.5 Å². The Labute approximate surface area is 160 Å². The van der Waals surface area contributed by atoms with Crippen LogP contribution in [0.15, 0.2) is 34.9 Å². The van der Waals surface area contributed by atoms with Gasteiger partial charge >= 0.3 is 5.97 Å². The quantitative estimate of drug-likeness (QED) is 0.769. The number of nitrogens with one attached hydrogen (secondary N) is 1. The van der Waals surface area contributed by atoms with Gasteiger partial charge in [0.15, 0.2) is 11.9 Å². The number of esters is 1. The van der Waals surface area contributed by atoms with Crippen LogP contribution >= 0.6 is 23.5 Å². The van der Waals surface area contributed by atoms with Gasteiger partial charge in [-0.2, -0.15) is 0 Å². The van der Waals surface area contributed by atoms with Gasteiger partial charge in [-0.25, -0.2) is 4.79 Å². The van der Waals surface area contributed by atoms with E-state index in [9.17, 15) is 9.59 Å². The molecule has 1 atom stereocenters. The number of ether oxygens (including phenoxy) is 1. The molecule has 6 nitrogen and oxygen atoms in total. The maximum atomic E-state index is 12.3. The first-order chi connectivity index (χ1) is 12.5. The highest BCUT2D eigenvalue weighted by Gasteiger charge is 2.21. The van der Waals surface area contributed by atoms with Crippen LogP contribution in [0.3, 0.4) is 0 Å². The van der Waals surface area contributed by atoms with Crippen molar-refractivity contribution in [3.05, 3.63) is 47.2 Å². The zero-order valence-electron chi connectivity index (χ0n) is 14.6. The number of benzene rings is 1. The molecule has 1 amide bonds. The molecule has 0 bridgehead atoms. The molecule has 3 rings (SSSR count). The van der Waals surface area contributed by atoms with Gasteiger partial charge in [-0.3, -0.25) is 4.79 Å². The Bertz CT molecular complexity index is 770. The van der Waals surface area contributed by atoms with Crippen LogP contribution in [0.4, 0.5) is 5.82 Å². The molecule has 1 saturated heterocycles. The number of amides is 1. The van der Waals surface area contributed by atoms with E-state index < -0.39 is 18.0 Å². The third-order valence-corrected chi connectivity index (χ3v) is 6.79. The number of thioether (sulfide) groups is 2. The average Bonchev–Trinajstić information content (AvgIpc) is 3.07. The summed E-state index contributed by atoms with van der Waals surface area (Å²) in [5, 5.41) is 6.22. The predicted octanol–water partition coefficient (Wildman–Crippen LogP) is 4.04. The van der Waals surface area contributed by atoms with Crippen LogP contribution in [-0.4, -0.2) is 34.6 Å². The standard InChI is InChI=1S/C18H20N2O4S2/c1-11-10-15(20-24-11)19-16(21)12(2)23-17(22)13-4-6-14(7-5-13)18-25-8-3-9-26-18/h4-7,10,12,18H,3,8-9H2,1-2H3,(H,19,20,21). The maximum absolute atomic E-state index is 12.3.